The molecule has 1 N–H and O–H groups in total. The zero-order valence-corrected chi connectivity index (χ0v) is 9.65. The number of terminal acetylenes is 1. The highest BCUT2D eigenvalue weighted by Crippen LogP contribution is 2.13. The second-order valence-corrected chi connectivity index (χ2v) is 3.92. The Morgan fingerprint density at radius 3 is 2.71 bits per heavy atom. The molecule has 3 nitrogen and oxygen atoms in total. The Morgan fingerprint density at radius 2 is 2.18 bits per heavy atom. The van der Waals surface area contributed by atoms with Crippen molar-refractivity contribution in [3.05, 3.63) is 35.6 Å². The smallest absolute Gasteiger partial charge is 0.195 e. The molecular weight excluding hydrogens is 217 g/mol. The first kappa shape index (κ1) is 11.5. The number of hydrogen-bond donors (Lipinski definition) is 1. The summed E-state index contributed by atoms with van der Waals surface area (Å²) in [5.41, 5.74) is 0.858. The van der Waals surface area contributed by atoms with Crippen molar-refractivity contribution in [1.29, 1.82) is 0 Å². The number of likely N-dealkylation sites (N-methyl/N-ethyl adjacent to an activating group) is 1. The quantitative estimate of drug-likeness (QED) is 0.779. The van der Waals surface area contributed by atoms with Crippen LogP contribution in [0.3, 0.4) is 0 Å². The summed E-state index contributed by atoms with van der Waals surface area (Å²) in [6.07, 6.45) is 5.49. The fourth-order valence-corrected chi connectivity index (χ4v) is 1.69. The Kier molecular flexibility index (Phi) is 3.29. The van der Waals surface area contributed by atoms with Crippen LogP contribution in [-0.2, 0) is 0 Å². The van der Waals surface area contributed by atoms with E-state index in [1.54, 1.807) is 12.1 Å². The van der Waals surface area contributed by atoms with E-state index in [4.69, 9.17) is 6.42 Å². The molecule has 0 aromatic heterocycles. The maximum Gasteiger partial charge on any atom is 0.195 e. The lowest BCUT2D eigenvalue weighted by Gasteiger charge is -2.20. The van der Waals surface area contributed by atoms with Gasteiger partial charge in [0.25, 0.3) is 0 Å². The van der Waals surface area contributed by atoms with Gasteiger partial charge < -0.3 is 10.2 Å². The Labute approximate surface area is 100 Å². The Bertz CT molecular complexity index is 459. The summed E-state index contributed by atoms with van der Waals surface area (Å²) in [6, 6.07) is 5.89. The summed E-state index contributed by atoms with van der Waals surface area (Å²) in [5.74, 6) is 3.17. The summed E-state index contributed by atoms with van der Waals surface area (Å²) >= 11 is 0. The van der Waals surface area contributed by atoms with Crippen molar-refractivity contribution in [3.63, 3.8) is 0 Å². The van der Waals surface area contributed by atoms with Crippen LogP contribution in [0.2, 0.25) is 0 Å². The predicted octanol–water partition coefficient (Wildman–Crippen LogP) is 1.39. The molecule has 1 aliphatic rings. The average Bonchev–Trinajstić information content (AvgIpc) is 2.73. The Balaban J connectivity index is 2.12. The summed E-state index contributed by atoms with van der Waals surface area (Å²) < 4.78 is 12.8. The molecule has 0 spiro atoms. The Morgan fingerprint density at radius 1 is 1.47 bits per heavy atom. The second-order valence-electron chi connectivity index (χ2n) is 3.92. The lowest BCUT2D eigenvalue weighted by Crippen LogP contribution is -2.37. The van der Waals surface area contributed by atoms with E-state index >= 15 is 0 Å². The molecule has 0 amide bonds. The van der Waals surface area contributed by atoms with Crippen LogP contribution in [0.15, 0.2) is 29.3 Å². The maximum atomic E-state index is 12.8. The van der Waals surface area contributed by atoms with Gasteiger partial charge in [-0.05, 0) is 17.7 Å². The minimum Gasteiger partial charge on any atom is -0.344 e. The molecule has 0 radical (unpaired) electrons. The van der Waals surface area contributed by atoms with E-state index in [1.165, 1.54) is 12.1 Å². The van der Waals surface area contributed by atoms with E-state index in [0.29, 0.717) is 0 Å². The van der Waals surface area contributed by atoms with E-state index < -0.39 is 0 Å². The normalized spacial score (nSPS) is 16.3. The lowest BCUT2D eigenvalue weighted by molar-refractivity contribution is 0.528. The van der Waals surface area contributed by atoms with Gasteiger partial charge >= 0.3 is 0 Å². The lowest BCUT2D eigenvalue weighted by atomic mass is 10.1. The van der Waals surface area contributed by atoms with Gasteiger partial charge in [0.2, 0.25) is 0 Å². The maximum absolute atomic E-state index is 12.8. The van der Waals surface area contributed by atoms with Gasteiger partial charge in [-0.1, -0.05) is 18.1 Å². The van der Waals surface area contributed by atoms with Crippen molar-refractivity contribution < 1.29 is 4.39 Å². The van der Waals surface area contributed by atoms with E-state index in [1.807, 2.05) is 11.9 Å². The minimum absolute atomic E-state index is 0.264. The van der Waals surface area contributed by atoms with Crippen molar-refractivity contribution in [2.45, 2.75) is 6.04 Å². The van der Waals surface area contributed by atoms with Gasteiger partial charge in [0, 0.05) is 13.6 Å². The van der Waals surface area contributed by atoms with Gasteiger partial charge in [-0.25, -0.2) is 4.39 Å². The summed E-state index contributed by atoms with van der Waals surface area (Å²) in [5, 5.41) is 3.17. The molecule has 1 heterocycles. The molecule has 88 valence electrons. The number of guanidine groups is 1. The SMILES string of the molecule is C#CC(NC1=NCCN1C)c1ccc(F)cc1. The highest BCUT2D eigenvalue weighted by atomic mass is 19.1. The first-order chi connectivity index (χ1) is 8.20. The van der Waals surface area contributed by atoms with Crippen molar-refractivity contribution in [2.75, 3.05) is 20.1 Å². The van der Waals surface area contributed by atoms with Crippen LogP contribution in [0.1, 0.15) is 11.6 Å². The third-order valence-corrected chi connectivity index (χ3v) is 2.70. The summed E-state index contributed by atoms with van der Waals surface area (Å²) in [7, 11) is 1.96. The number of nitrogens with zero attached hydrogens (tertiary/aromatic N) is 2. The molecule has 1 atom stereocenters. The van der Waals surface area contributed by atoms with Gasteiger partial charge in [-0.15, -0.1) is 6.42 Å². The van der Waals surface area contributed by atoms with Crippen LogP contribution in [0.25, 0.3) is 0 Å². The molecule has 2 rings (SSSR count). The molecule has 0 aliphatic carbocycles. The number of hydrogen-bond acceptors (Lipinski definition) is 3. The minimum atomic E-state index is -0.283. The zero-order chi connectivity index (χ0) is 12.3. The zero-order valence-electron chi connectivity index (χ0n) is 9.65. The monoisotopic (exact) mass is 231 g/mol. The van der Waals surface area contributed by atoms with Crippen LogP contribution in [0.5, 0.6) is 0 Å². The van der Waals surface area contributed by atoms with E-state index in [2.05, 4.69) is 16.2 Å². The van der Waals surface area contributed by atoms with Crippen LogP contribution in [0.4, 0.5) is 4.39 Å². The van der Waals surface area contributed by atoms with Gasteiger partial charge in [-0.2, -0.15) is 0 Å². The molecule has 1 unspecified atom stereocenters. The third-order valence-electron chi connectivity index (χ3n) is 2.70. The van der Waals surface area contributed by atoms with Crippen LogP contribution in [-0.4, -0.2) is 31.0 Å². The van der Waals surface area contributed by atoms with Crippen molar-refractivity contribution >= 4 is 5.96 Å². The third kappa shape index (κ3) is 2.56. The Hall–Kier alpha value is -2.02. The van der Waals surface area contributed by atoms with Gasteiger partial charge in [0.05, 0.1) is 6.54 Å². The van der Waals surface area contributed by atoms with E-state index in [9.17, 15) is 4.39 Å². The number of nitrogens with one attached hydrogen (secondary N) is 1. The molecule has 17 heavy (non-hydrogen) atoms. The predicted molar refractivity (Wildman–Crippen MR) is 66.0 cm³/mol. The molecule has 1 aromatic rings. The molecule has 0 fully saturated rings. The van der Waals surface area contributed by atoms with E-state index in [-0.39, 0.29) is 11.9 Å². The highest BCUT2D eigenvalue weighted by Gasteiger charge is 2.16. The number of aliphatic imine (C=N–C) groups is 1. The molecule has 4 heteroatoms. The van der Waals surface area contributed by atoms with Crippen molar-refractivity contribution in [3.8, 4) is 12.3 Å². The number of halogens is 1. The van der Waals surface area contributed by atoms with Gasteiger partial charge in [0.1, 0.15) is 11.9 Å². The molecule has 0 bridgehead atoms. The fraction of sp³-hybridized carbons (Fsp3) is 0.308. The first-order valence-corrected chi connectivity index (χ1v) is 5.44. The average molecular weight is 231 g/mol. The van der Waals surface area contributed by atoms with Crippen LogP contribution in [0, 0.1) is 18.2 Å². The second kappa shape index (κ2) is 4.88. The van der Waals surface area contributed by atoms with Crippen molar-refractivity contribution in [1.82, 2.24) is 10.2 Å². The number of benzene rings is 1. The molecular formula is C13H14FN3. The first-order valence-electron chi connectivity index (χ1n) is 5.44. The largest absolute Gasteiger partial charge is 0.344 e. The molecule has 1 aromatic carbocycles. The van der Waals surface area contributed by atoms with Gasteiger partial charge in [0.15, 0.2) is 5.96 Å². The summed E-state index contributed by atoms with van der Waals surface area (Å²) in [6.45, 7) is 1.67. The van der Waals surface area contributed by atoms with E-state index in [0.717, 1.165) is 24.6 Å². The molecule has 0 saturated heterocycles. The molecule has 0 saturated carbocycles. The fourth-order valence-electron chi connectivity index (χ4n) is 1.69. The molecule has 1 aliphatic heterocycles. The van der Waals surface area contributed by atoms with Gasteiger partial charge in [-0.3, -0.25) is 4.99 Å². The van der Waals surface area contributed by atoms with Crippen LogP contribution >= 0.6 is 0 Å². The summed E-state index contributed by atoms with van der Waals surface area (Å²) in [4.78, 5) is 6.32. The number of rotatable bonds is 2. The van der Waals surface area contributed by atoms with Crippen LogP contribution < -0.4 is 5.32 Å². The highest BCUT2D eigenvalue weighted by molar-refractivity contribution is 5.82. The topological polar surface area (TPSA) is 27.6 Å². The standard InChI is InChI=1S/C13H14FN3/c1-3-12(10-4-6-11(14)7-5-10)16-13-15-8-9-17(13)2/h1,4-7,12H,8-9H2,2H3,(H,15,16). The van der Waals surface area contributed by atoms with Crippen molar-refractivity contribution in [2.24, 2.45) is 4.99 Å².